The van der Waals surface area contributed by atoms with Gasteiger partial charge in [-0.05, 0) is 60.2 Å². The number of ether oxygens (including phenoxy) is 2. The molecule has 0 radical (unpaired) electrons. The van der Waals surface area contributed by atoms with E-state index in [2.05, 4.69) is 48.0 Å². The number of methoxy groups -OCH3 is 1. The summed E-state index contributed by atoms with van der Waals surface area (Å²) in [5.41, 5.74) is 4.33. The Kier molecular flexibility index (Phi) is 9.19. The molecular formula is C31H37N3O3. The van der Waals surface area contributed by atoms with Gasteiger partial charge in [0.25, 0.3) is 0 Å². The van der Waals surface area contributed by atoms with E-state index in [1.54, 1.807) is 7.11 Å². The third-order valence-electron chi connectivity index (χ3n) is 6.50. The van der Waals surface area contributed by atoms with E-state index < -0.39 is 0 Å². The van der Waals surface area contributed by atoms with Crippen molar-refractivity contribution in [1.82, 2.24) is 14.9 Å². The van der Waals surface area contributed by atoms with Crippen LogP contribution in [0.3, 0.4) is 0 Å². The molecule has 0 aliphatic carbocycles. The van der Waals surface area contributed by atoms with Gasteiger partial charge in [0.1, 0.15) is 17.3 Å². The number of imidazole rings is 1. The second-order valence-corrected chi connectivity index (χ2v) is 9.54. The molecule has 6 heteroatoms. The predicted molar refractivity (Wildman–Crippen MR) is 148 cm³/mol. The van der Waals surface area contributed by atoms with Crippen LogP contribution in [0.4, 0.5) is 0 Å². The Morgan fingerprint density at radius 1 is 0.973 bits per heavy atom. The third-order valence-corrected chi connectivity index (χ3v) is 6.50. The minimum absolute atomic E-state index is 0.00616. The lowest BCUT2D eigenvalue weighted by Crippen LogP contribution is -2.28. The summed E-state index contributed by atoms with van der Waals surface area (Å²) in [7, 11) is 1.63. The van der Waals surface area contributed by atoms with Gasteiger partial charge in [-0.2, -0.15) is 0 Å². The number of benzene rings is 3. The summed E-state index contributed by atoms with van der Waals surface area (Å²) in [6.45, 7) is 6.48. The molecule has 1 heterocycles. The van der Waals surface area contributed by atoms with Crippen molar-refractivity contribution in [2.75, 3.05) is 20.3 Å². The number of hydrogen-bond donors (Lipinski definition) is 1. The van der Waals surface area contributed by atoms with Gasteiger partial charge in [0.05, 0.1) is 31.2 Å². The Morgan fingerprint density at radius 2 is 1.73 bits per heavy atom. The van der Waals surface area contributed by atoms with Crippen LogP contribution in [0.25, 0.3) is 11.0 Å². The smallest absolute Gasteiger partial charge is 0.224 e. The highest BCUT2D eigenvalue weighted by Gasteiger charge is 2.12. The standard InChI is InChI=1S/C31H37N3O3/c1-23(2)26-10-4-7-13-29(26)37-21-9-8-20-34-28-12-6-5-11-27(28)33-30(34)18-19-32-31(35)22-24-14-16-25(36-3)17-15-24/h4-7,10-17,23H,8-9,18-22H2,1-3H3,(H,32,35). The maximum absolute atomic E-state index is 12.5. The molecule has 37 heavy (non-hydrogen) atoms. The number of carbonyl (C=O) groups is 1. The minimum atomic E-state index is 0.00616. The second kappa shape index (κ2) is 12.9. The molecule has 1 N–H and O–H groups in total. The maximum Gasteiger partial charge on any atom is 0.224 e. The molecule has 0 saturated heterocycles. The summed E-state index contributed by atoms with van der Waals surface area (Å²) < 4.78 is 13.6. The molecule has 0 saturated carbocycles. The SMILES string of the molecule is COc1ccc(CC(=O)NCCc2nc3ccccc3n2CCCCOc2ccccc2C(C)C)cc1. The van der Waals surface area contributed by atoms with E-state index in [0.29, 0.717) is 31.9 Å². The van der Waals surface area contributed by atoms with E-state index in [9.17, 15) is 4.79 Å². The van der Waals surface area contributed by atoms with Gasteiger partial charge in [-0.15, -0.1) is 0 Å². The third kappa shape index (κ3) is 7.13. The van der Waals surface area contributed by atoms with E-state index in [-0.39, 0.29) is 5.91 Å². The van der Waals surface area contributed by atoms with E-state index in [1.165, 1.54) is 5.56 Å². The predicted octanol–water partition coefficient (Wildman–Crippen LogP) is 5.93. The van der Waals surface area contributed by atoms with Crippen molar-refractivity contribution < 1.29 is 14.3 Å². The Bertz CT molecular complexity index is 1290. The molecule has 0 aliphatic rings. The summed E-state index contributed by atoms with van der Waals surface area (Å²) in [6.07, 6.45) is 2.97. The first kappa shape index (κ1) is 26.3. The fourth-order valence-corrected chi connectivity index (χ4v) is 4.51. The first-order valence-electron chi connectivity index (χ1n) is 13.1. The average molecular weight is 500 g/mol. The van der Waals surface area contributed by atoms with Crippen molar-refractivity contribution in [2.24, 2.45) is 0 Å². The van der Waals surface area contributed by atoms with Gasteiger partial charge in [0, 0.05) is 19.5 Å². The van der Waals surface area contributed by atoms with Crippen LogP contribution in [0.2, 0.25) is 0 Å². The molecule has 0 spiro atoms. The van der Waals surface area contributed by atoms with Gasteiger partial charge in [-0.1, -0.05) is 56.3 Å². The molecule has 0 unspecified atom stereocenters. The Labute approximate surface area is 219 Å². The molecule has 4 rings (SSSR count). The zero-order valence-electron chi connectivity index (χ0n) is 22.1. The number of aryl methyl sites for hydroxylation is 1. The topological polar surface area (TPSA) is 65.4 Å². The summed E-state index contributed by atoms with van der Waals surface area (Å²) in [4.78, 5) is 17.3. The summed E-state index contributed by atoms with van der Waals surface area (Å²) >= 11 is 0. The van der Waals surface area contributed by atoms with Gasteiger partial charge in [-0.25, -0.2) is 4.98 Å². The van der Waals surface area contributed by atoms with E-state index in [1.807, 2.05) is 48.5 Å². The molecule has 0 atom stereocenters. The zero-order valence-corrected chi connectivity index (χ0v) is 22.1. The number of carbonyl (C=O) groups excluding carboxylic acids is 1. The number of rotatable bonds is 13. The van der Waals surface area contributed by atoms with Crippen LogP contribution in [0.5, 0.6) is 11.5 Å². The highest BCUT2D eigenvalue weighted by Crippen LogP contribution is 2.26. The lowest BCUT2D eigenvalue weighted by atomic mass is 10.0. The first-order valence-corrected chi connectivity index (χ1v) is 13.1. The molecule has 6 nitrogen and oxygen atoms in total. The van der Waals surface area contributed by atoms with Gasteiger partial charge in [0.2, 0.25) is 5.91 Å². The highest BCUT2D eigenvalue weighted by molar-refractivity contribution is 5.78. The van der Waals surface area contributed by atoms with Gasteiger partial charge < -0.3 is 19.4 Å². The lowest BCUT2D eigenvalue weighted by Gasteiger charge is -2.14. The normalized spacial score (nSPS) is 11.1. The zero-order chi connectivity index (χ0) is 26.0. The number of aromatic nitrogens is 2. The van der Waals surface area contributed by atoms with Crippen LogP contribution >= 0.6 is 0 Å². The van der Waals surface area contributed by atoms with Crippen molar-refractivity contribution in [3.63, 3.8) is 0 Å². The Balaban J connectivity index is 1.29. The molecule has 0 bridgehead atoms. The van der Waals surface area contributed by atoms with Crippen LogP contribution in [-0.2, 0) is 24.2 Å². The monoisotopic (exact) mass is 499 g/mol. The van der Waals surface area contributed by atoms with Crippen LogP contribution in [0.15, 0.2) is 72.8 Å². The molecule has 3 aromatic carbocycles. The number of para-hydroxylation sites is 3. The molecule has 1 aromatic heterocycles. The molecule has 0 fully saturated rings. The summed E-state index contributed by atoms with van der Waals surface area (Å²) in [6, 6.07) is 24.1. The molecule has 1 amide bonds. The van der Waals surface area contributed by atoms with Crippen LogP contribution < -0.4 is 14.8 Å². The van der Waals surface area contributed by atoms with Gasteiger partial charge in [-0.3, -0.25) is 4.79 Å². The number of fused-ring (bicyclic) bond motifs is 1. The maximum atomic E-state index is 12.5. The number of nitrogens with one attached hydrogen (secondary N) is 1. The van der Waals surface area contributed by atoms with Gasteiger partial charge >= 0.3 is 0 Å². The van der Waals surface area contributed by atoms with Crippen molar-refractivity contribution in [2.45, 2.75) is 52.0 Å². The van der Waals surface area contributed by atoms with Crippen LogP contribution in [0.1, 0.15) is 49.6 Å². The van der Waals surface area contributed by atoms with Crippen molar-refractivity contribution in [1.29, 1.82) is 0 Å². The van der Waals surface area contributed by atoms with E-state index in [4.69, 9.17) is 14.5 Å². The number of nitrogens with zero attached hydrogens (tertiary/aromatic N) is 2. The van der Waals surface area contributed by atoms with Crippen LogP contribution in [-0.4, -0.2) is 35.7 Å². The Hall–Kier alpha value is -3.80. The molecule has 194 valence electrons. The van der Waals surface area contributed by atoms with Crippen molar-refractivity contribution >= 4 is 16.9 Å². The second-order valence-electron chi connectivity index (χ2n) is 9.54. The van der Waals surface area contributed by atoms with Crippen LogP contribution in [0, 0.1) is 0 Å². The van der Waals surface area contributed by atoms with E-state index in [0.717, 1.165) is 53.3 Å². The first-order chi connectivity index (χ1) is 18.0. The van der Waals surface area contributed by atoms with Crippen molar-refractivity contribution in [3.8, 4) is 11.5 Å². The largest absolute Gasteiger partial charge is 0.497 e. The summed E-state index contributed by atoms with van der Waals surface area (Å²) in [5, 5.41) is 3.05. The number of amides is 1. The molecular weight excluding hydrogens is 462 g/mol. The van der Waals surface area contributed by atoms with Crippen molar-refractivity contribution in [3.05, 3.63) is 89.7 Å². The fourth-order valence-electron chi connectivity index (χ4n) is 4.51. The highest BCUT2D eigenvalue weighted by atomic mass is 16.5. The van der Waals surface area contributed by atoms with Gasteiger partial charge in [0.15, 0.2) is 0 Å². The minimum Gasteiger partial charge on any atom is -0.497 e. The summed E-state index contributed by atoms with van der Waals surface area (Å²) in [5.74, 6) is 3.21. The quantitative estimate of drug-likeness (QED) is 0.232. The lowest BCUT2D eigenvalue weighted by molar-refractivity contribution is -0.120. The molecule has 0 aliphatic heterocycles. The molecule has 4 aromatic rings. The average Bonchev–Trinajstić information content (AvgIpc) is 3.26. The number of unbranched alkanes of at least 4 members (excludes halogenated alkanes) is 1. The Morgan fingerprint density at radius 3 is 2.51 bits per heavy atom. The number of hydrogen-bond acceptors (Lipinski definition) is 4. The van der Waals surface area contributed by atoms with E-state index >= 15 is 0 Å². The fraction of sp³-hybridized carbons (Fsp3) is 0.355.